The lowest BCUT2D eigenvalue weighted by molar-refractivity contribution is -0.137. The summed E-state index contributed by atoms with van der Waals surface area (Å²) >= 11 is 0. The molecule has 8 heteroatoms. The van der Waals surface area contributed by atoms with Gasteiger partial charge in [-0.25, -0.2) is 0 Å². The Morgan fingerprint density at radius 2 is 1.66 bits per heavy atom. The molecule has 0 saturated heterocycles. The highest BCUT2D eigenvalue weighted by Crippen LogP contribution is 2.34. The highest BCUT2D eigenvalue weighted by molar-refractivity contribution is 6.05. The number of fused-ring (bicyclic) bond motifs is 1. The van der Waals surface area contributed by atoms with Crippen LogP contribution in [0.15, 0.2) is 18.2 Å². The van der Waals surface area contributed by atoms with Gasteiger partial charge in [0.2, 0.25) is 5.91 Å². The van der Waals surface area contributed by atoms with Gasteiger partial charge in [-0.05, 0) is 44.9 Å². The molecule has 0 bridgehead atoms. The molecule has 0 spiro atoms. The number of benzene rings is 1. The van der Waals surface area contributed by atoms with Crippen LogP contribution in [0.3, 0.4) is 0 Å². The van der Waals surface area contributed by atoms with Crippen molar-refractivity contribution in [2.75, 3.05) is 18.0 Å². The van der Waals surface area contributed by atoms with Crippen molar-refractivity contribution < 1.29 is 29.0 Å². The van der Waals surface area contributed by atoms with Crippen LogP contribution in [-0.2, 0) is 14.4 Å². The molecular weight excluding hydrogens is 412 g/mol. The van der Waals surface area contributed by atoms with Gasteiger partial charge < -0.3 is 15.2 Å². The second kappa shape index (κ2) is 12.8. The summed E-state index contributed by atoms with van der Waals surface area (Å²) in [5.41, 5.74) is 0.904. The van der Waals surface area contributed by atoms with E-state index in [0.717, 1.165) is 51.4 Å². The van der Waals surface area contributed by atoms with Gasteiger partial charge in [0.05, 0.1) is 5.69 Å². The molecule has 8 nitrogen and oxygen atoms in total. The Labute approximate surface area is 189 Å². The Balaban J connectivity index is 1.70. The van der Waals surface area contributed by atoms with Crippen LogP contribution in [-0.4, -0.2) is 47.9 Å². The van der Waals surface area contributed by atoms with Crippen molar-refractivity contribution in [3.05, 3.63) is 23.8 Å². The molecule has 2 rings (SSSR count). The normalized spacial score (nSPS) is 15.1. The summed E-state index contributed by atoms with van der Waals surface area (Å²) in [5, 5.41) is 11.5. The monoisotopic (exact) mass is 446 g/mol. The molecule has 176 valence electrons. The van der Waals surface area contributed by atoms with Crippen LogP contribution in [0, 0.1) is 0 Å². The molecule has 0 saturated carbocycles. The van der Waals surface area contributed by atoms with Gasteiger partial charge in [-0.3, -0.25) is 24.1 Å². The summed E-state index contributed by atoms with van der Waals surface area (Å²) < 4.78 is 5.61. The zero-order valence-corrected chi connectivity index (χ0v) is 19.0. The Hall–Kier alpha value is -2.90. The van der Waals surface area contributed by atoms with Crippen LogP contribution >= 0.6 is 0 Å². The van der Waals surface area contributed by atoms with E-state index in [1.165, 1.54) is 11.8 Å². The van der Waals surface area contributed by atoms with Crippen LogP contribution in [0.1, 0.15) is 82.0 Å². The number of ketones is 1. The summed E-state index contributed by atoms with van der Waals surface area (Å²) in [6.45, 7) is 3.52. The van der Waals surface area contributed by atoms with E-state index in [9.17, 15) is 19.2 Å². The third kappa shape index (κ3) is 7.98. The fraction of sp³-hybridized carbons (Fsp3) is 0.583. The Bertz CT molecular complexity index is 823. The van der Waals surface area contributed by atoms with Crippen molar-refractivity contribution >= 4 is 29.3 Å². The molecule has 2 amide bonds. The molecule has 1 aromatic carbocycles. The number of carbonyl (C=O) groups excluding carboxylic acids is 3. The fourth-order valence-electron chi connectivity index (χ4n) is 3.68. The first-order chi connectivity index (χ1) is 15.3. The molecular formula is C24H34N2O6. The molecule has 32 heavy (non-hydrogen) atoms. The number of nitrogens with one attached hydrogen (secondary N) is 1. The third-order valence-corrected chi connectivity index (χ3v) is 5.52. The van der Waals surface area contributed by atoms with Crippen molar-refractivity contribution in [1.29, 1.82) is 0 Å². The lowest BCUT2D eigenvalue weighted by Gasteiger charge is -2.32. The zero-order valence-electron chi connectivity index (χ0n) is 19.0. The average Bonchev–Trinajstić information content (AvgIpc) is 2.74. The lowest BCUT2D eigenvalue weighted by atomic mass is 10.1. The number of carbonyl (C=O) groups is 4. The van der Waals surface area contributed by atoms with E-state index in [2.05, 4.69) is 5.32 Å². The topological polar surface area (TPSA) is 113 Å². The molecule has 1 unspecified atom stereocenters. The summed E-state index contributed by atoms with van der Waals surface area (Å²) in [4.78, 5) is 48.5. The van der Waals surface area contributed by atoms with E-state index in [1.54, 1.807) is 25.1 Å². The SMILES string of the molecule is CC(=O)c1ccc2c(c1)N(CC(=O)NCCCCCCCCCCC(=O)O)C(=O)C(C)O2. The van der Waals surface area contributed by atoms with Crippen molar-refractivity contribution in [2.45, 2.75) is 77.7 Å². The molecule has 1 aromatic rings. The molecule has 1 atom stereocenters. The van der Waals surface area contributed by atoms with Crippen molar-refractivity contribution in [2.24, 2.45) is 0 Å². The number of hydrogen-bond donors (Lipinski definition) is 2. The van der Waals surface area contributed by atoms with Crippen molar-refractivity contribution in [1.82, 2.24) is 5.32 Å². The average molecular weight is 447 g/mol. The second-order valence-electron chi connectivity index (χ2n) is 8.25. The number of anilines is 1. The van der Waals surface area contributed by atoms with Gasteiger partial charge in [0.1, 0.15) is 12.3 Å². The first-order valence-electron chi connectivity index (χ1n) is 11.4. The molecule has 1 heterocycles. The van der Waals surface area contributed by atoms with E-state index in [1.807, 2.05) is 0 Å². The van der Waals surface area contributed by atoms with Crippen molar-refractivity contribution in [3.8, 4) is 5.75 Å². The van der Waals surface area contributed by atoms with Gasteiger partial charge in [0.15, 0.2) is 11.9 Å². The molecule has 1 aliphatic heterocycles. The van der Waals surface area contributed by atoms with Crippen molar-refractivity contribution in [3.63, 3.8) is 0 Å². The molecule has 2 N–H and O–H groups in total. The van der Waals surface area contributed by atoms with Crippen LogP contribution in [0.2, 0.25) is 0 Å². The van der Waals surface area contributed by atoms with Gasteiger partial charge in [-0.2, -0.15) is 0 Å². The smallest absolute Gasteiger partial charge is 0.303 e. The highest BCUT2D eigenvalue weighted by atomic mass is 16.5. The molecule has 1 aliphatic rings. The number of rotatable bonds is 14. The predicted molar refractivity (Wildman–Crippen MR) is 121 cm³/mol. The zero-order chi connectivity index (χ0) is 23.5. The molecule has 0 aliphatic carbocycles. The van der Waals surface area contributed by atoms with Gasteiger partial charge >= 0.3 is 5.97 Å². The Morgan fingerprint density at radius 1 is 1.03 bits per heavy atom. The van der Waals surface area contributed by atoms with E-state index in [0.29, 0.717) is 23.5 Å². The number of Topliss-reactive ketones (excluding diaryl/α,β-unsaturated/α-hetero) is 1. The number of unbranched alkanes of at least 4 members (excludes halogenated alkanes) is 7. The Morgan fingerprint density at radius 3 is 2.28 bits per heavy atom. The quantitative estimate of drug-likeness (QED) is 0.333. The number of amides is 2. The summed E-state index contributed by atoms with van der Waals surface area (Å²) in [6, 6.07) is 4.90. The van der Waals surface area contributed by atoms with E-state index in [-0.39, 0.29) is 30.6 Å². The summed E-state index contributed by atoms with van der Waals surface area (Å²) in [6.07, 6.45) is 7.47. The minimum Gasteiger partial charge on any atom is -0.481 e. The molecule has 0 aromatic heterocycles. The highest BCUT2D eigenvalue weighted by Gasteiger charge is 2.33. The largest absolute Gasteiger partial charge is 0.481 e. The van der Waals surface area contributed by atoms with E-state index >= 15 is 0 Å². The van der Waals surface area contributed by atoms with Crippen LogP contribution in [0.4, 0.5) is 5.69 Å². The van der Waals surface area contributed by atoms with Crippen LogP contribution < -0.4 is 15.0 Å². The first kappa shape index (κ1) is 25.4. The first-order valence-corrected chi connectivity index (χ1v) is 11.4. The minimum atomic E-state index is -0.732. The number of hydrogen-bond acceptors (Lipinski definition) is 5. The van der Waals surface area contributed by atoms with Crippen LogP contribution in [0.5, 0.6) is 5.75 Å². The van der Waals surface area contributed by atoms with Gasteiger partial charge in [-0.1, -0.05) is 38.5 Å². The van der Waals surface area contributed by atoms with Crippen LogP contribution in [0.25, 0.3) is 0 Å². The second-order valence-corrected chi connectivity index (χ2v) is 8.25. The molecule has 0 radical (unpaired) electrons. The predicted octanol–water partition coefficient (Wildman–Crippen LogP) is 3.71. The fourth-order valence-corrected chi connectivity index (χ4v) is 3.68. The maximum absolute atomic E-state index is 12.6. The maximum Gasteiger partial charge on any atom is 0.303 e. The Kier molecular flexibility index (Phi) is 10.2. The lowest BCUT2D eigenvalue weighted by Crippen LogP contribution is -2.49. The number of nitrogens with zero attached hydrogens (tertiary/aromatic N) is 1. The number of aliphatic carboxylic acids is 1. The molecule has 0 fully saturated rings. The van der Waals surface area contributed by atoms with Gasteiger partial charge in [0.25, 0.3) is 5.91 Å². The van der Waals surface area contributed by atoms with Gasteiger partial charge in [-0.15, -0.1) is 0 Å². The van der Waals surface area contributed by atoms with E-state index in [4.69, 9.17) is 9.84 Å². The number of ether oxygens (including phenoxy) is 1. The summed E-state index contributed by atoms with van der Waals surface area (Å²) in [7, 11) is 0. The summed E-state index contributed by atoms with van der Waals surface area (Å²) in [5.74, 6) is -0.923. The van der Waals surface area contributed by atoms with E-state index < -0.39 is 12.1 Å². The standard InChI is InChI=1S/C24H34N2O6/c1-17(27)19-12-13-21-20(15-19)26(24(31)18(2)32-21)16-22(28)25-14-10-8-6-4-3-5-7-9-11-23(29)30/h12-13,15,18H,3-11,14,16H2,1-2H3,(H,25,28)(H,29,30). The third-order valence-electron chi connectivity index (χ3n) is 5.52. The number of carboxylic acid groups (broad SMARTS) is 1. The maximum atomic E-state index is 12.6. The minimum absolute atomic E-state index is 0.114. The number of carboxylic acids is 1. The van der Waals surface area contributed by atoms with Gasteiger partial charge in [0, 0.05) is 18.5 Å².